The minimum absolute atomic E-state index is 0.0428. The summed E-state index contributed by atoms with van der Waals surface area (Å²) in [5, 5.41) is 129. The highest BCUT2D eigenvalue weighted by atomic mass is 16.7. The number of carbonyl (C=O) groups excluding carboxylic acids is 1. The van der Waals surface area contributed by atoms with Crippen molar-refractivity contribution in [3.05, 3.63) is 0 Å². The van der Waals surface area contributed by atoms with Crippen LogP contribution in [-0.4, -0.2) is 172 Å². The molecular formula is C43H72O17. The number of hydrogen-bond donors (Lipinski definition) is 12. The van der Waals surface area contributed by atoms with Crippen LogP contribution < -0.4 is 0 Å². The summed E-state index contributed by atoms with van der Waals surface area (Å²) in [6.07, 6.45) is -13.7. The molecule has 2 aliphatic heterocycles. The van der Waals surface area contributed by atoms with Crippen LogP contribution >= 0.6 is 0 Å². The van der Waals surface area contributed by atoms with E-state index in [2.05, 4.69) is 20.8 Å². The fraction of sp³-hybridized carbons (Fsp3) is 0.977. The molecule has 7 rings (SSSR count). The third-order valence-electron chi connectivity index (χ3n) is 18.4. The number of carbonyl (C=O) groups is 1. The molecule has 2 spiro atoms. The van der Waals surface area contributed by atoms with Gasteiger partial charge in [0.25, 0.3) is 0 Å². The summed E-state index contributed by atoms with van der Waals surface area (Å²) >= 11 is 0. The second-order valence-electron chi connectivity index (χ2n) is 21.1. The van der Waals surface area contributed by atoms with Crippen LogP contribution in [0.4, 0.5) is 0 Å². The highest BCUT2D eigenvalue weighted by molar-refractivity contribution is 5.78. The second-order valence-corrected chi connectivity index (χ2v) is 21.1. The van der Waals surface area contributed by atoms with Crippen molar-refractivity contribution in [2.24, 2.45) is 56.7 Å². The Hall–Kier alpha value is -1.13. The van der Waals surface area contributed by atoms with Crippen molar-refractivity contribution in [1.29, 1.82) is 0 Å². The summed E-state index contributed by atoms with van der Waals surface area (Å²) in [6.45, 7) is 10.4. The van der Waals surface area contributed by atoms with E-state index in [0.29, 0.717) is 38.5 Å². The highest BCUT2D eigenvalue weighted by Gasteiger charge is 2.86. The monoisotopic (exact) mass is 860 g/mol. The van der Waals surface area contributed by atoms with E-state index in [1.807, 2.05) is 13.8 Å². The lowest BCUT2D eigenvalue weighted by Crippen LogP contribution is -2.65. The van der Waals surface area contributed by atoms with E-state index < -0.39 is 121 Å². The van der Waals surface area contributed by atoms with Gasteiger partial charge in [-0.1, -0.05) is 34.6 Å². The van der Waals surface area contributed by atoms with Gasteiger partial charge in [0.2, 0.25) is 6.29 Å². The van der Waals surface area contributed by atoms with Crippen LogP contribution in [0, 0.1) is 56.7 Å². The van der Waals surface area contributed by atoms with E-state index in [1.165, 1.54) is 0 Å². The standard InChI is InChI=1S/C43H72O17/c1-19(2)42(56,18-57-35-33(53)31(51)29(49)22(15-44)58-35)10-9-20(3)28-21(46)14-39(5)24-7-8-25-40(6,37(55)60-36-34(54)32(52)30(50)23(16-45)59-36)26(47)13-27(48)43(25)17-41(24,43)12-11-38(28,39)4/h19-36,44-54,56H,7-18H2,1-6H3/t20-,21-,22-,23-,24+,25+,26+,27+,28+,29-,30-,31+,32+,33-,34+,35-,36+,38-,39+,40+,41+,42-,43-/m1/s1. The Morgan fingerprint density at radius 1 is 0.750 bits per heavy atom. The molecule has 0 radical (unpaired) electrons. The van der Waals surface area contributed by atoms with E-state index in [-0.39, 0.29) is 52.9 Å². The minimum atomic E-state index is -1.80. The lowest BCUT2D eigenvalue weighted by Gasteiger charge is -2.63. The first-order valence-electron chi connectivity index (χ1n) is 22.2. The maximum atomic E-state index is 14.3. The Kier molecular flexibility index (Phi) is 12.6. The van der Waals surface area contributed by atoms with Gasteiger partial charge >= 0.3 is 5.97 Å². The van der Waals surface area contributed by atoms with Gasteiger partial charge in [-0.25, -0.2) is 0 Å². The number of rotatable bonds is 12. The van der Waals surface area contributed by atoms with Crippen LogP contribution in [-0.2, 0) is 23.7 Å². The van der Waals surface area contributed by atoms with Gasteiger partial charge in [-0.2, -0.15) is 0 Å². The summed E-state index contributed by atoms with van der Waals surface area (Å²) in [5.41, 5.74) is -4.67. The number of esters is 1. The number of aliphatic hydroxyl groups is 12. The zero-order valence-corrected chi connectivity index (χ0v) is 35.8. The third kappa shape index (κ3) is 6.61. The number of fused-ring (bicyclic) bond motifs is 2. The van der Waals surface area contributed by atoms with E-state index in [0.717, 1.165) is 12.8 Å². The SMILES string of the molecule is CC(C)[C@@](O)(CC[C@@H](C)[C@H]1[C@H](O)C[C@@]2(C)[C@@H]3CC[C@H]4[C@](C)(C(=O)O[C@@H]5O[C@H](CO)[C@@H](O)[C@H](O)[C@@H]5O)[C@@H](O)C[C@H](O)[C@@]45C[C@@]35CC[C@]12C)CO[C@@H]1O[C@H](CO)[C@@H](O)[C@H](O)[C@H]1O. The van der Waals surface area contributed by atoms with Crippen molar-refractivity contribution < 1.29 is 85.0 Å². The second kappa shape index (κ2) is 16.1. The minimum Gasteiger partial charge on any atom is -0.432 e. The predicted molar refractivity (Wildman–Crippen MR) is 208 cm³/mol. The Morgan fingerprint density at radius 2 is 1.32 bits per heavy atom. The smallest absolute Gasteiger partial charge is 0.317 e. The number of aliphatic hydroxyl groups excluding tert-OH is 11. The summed E-state index contributed by atoms with van der Waals surface area (Å²) < 4.78 is 22.5. The lowest BCUT2D eigenvalue weighted by atomic mass is 9.41. The predicted octanol–water partition coefficient (Wildman–Crippen LogP) is -1.33. The third-order valence-corrected chi connectivity index (χ3v) is 18.4. The molecule has 0 aromatic carbocycles. The maximum Gasteiger partial charge on any atom is 0.317 e. The van der Waals surface area contributed by atoms with E-state index in [9.17, 15) is 66.1 Å². The first kappa shape index (κ1) is 46.9. The Labute approximate surface area is 351 Å². The normalized spacial score (nSPS) is 53.9. The molecule has 7 aliphatic rings. The van der Waals surface area contributed by atoms with Gasteiger partial charge in [-0.05, 0) is 104 Å². The van der Waals surface area contributed by atoms with Crippen molar-refractivity contribution in [2.45, 2.75) is 185 Å². The molecule has 60 heavy (non-hydrogen) atoms. The lowest BCUT2D eigenvalue weighted by molar-refractivity contribution is -0.310. The first-order chi connectivity index (χ1) is 27.9. The van der Waals surface area contributed by atoms with E-state index >= 15 is 0 Å². The van der Waals surface area contributed by atoms with Gasteiger partial charge in [0.15, 0.2) is 6.29 Å². The molecule has 5 aliphatic carbocycles. The maximum absolute atomic E-state index is 14.3. The van der Waals surface area contributed by atoms with Crippen LogP contribution in [0.25, 0.3) is 0 Å². The van der Waals surface area contributed by atoms with Crippen molar-refractivity contribution in [1.82, 2.24) is 0 Å². The molecule has 0 aromatic heterocycles. The number of ether oxygens (including phenoxy) is 4. The molecule has 0 amide bonds. The molecule has 0 bridgehead atoms. The Bertz CT molecular complexity index is 1570. The molecule has 17 heteroatoms. The van der Waals surface area contributed by atoms with Crippen molar-refractivity contribution >= 4 is 5.97 Å². The molecule has 5 saturated carbocycles. The van der Waals surface area contributed by atoms with Crippen molar-refractivity contribution in [2.75, 3.05) is 19.8 Å². The average Bonchev–Trinajstić information content (AvgIpc) is 3.84. The molecule has 7 fully saturated rings. The van der Waals surface area contributed by atoms with E-state index in [4.69, 9.17) is 18.9 Å². The van der Waals surface area contributed by atoms with Crippen LogP contribution in [0.5, 0.6) is 0 Å². The largest absolute Gasteiger partial charge is 0.432 e. The van der Waals surface area contributed by atoms with Gasteiger partial charge in [0.05, 0.1) is 49.1 Å². The Balaban J connectivity index is 1.07. The molecule has 2 saturated heterocycles. The van der Waals surface area contributed by atoms with Gasteiger partial charge in [-0.15, -0.1) is 0 Å². The fourth-order valence-electron chi connectivity index (χ4n) is 14.5. The zero-order valence-electron chi connectivity index (χ0n) is 35.8. The molecular weight excluding hydrogens is 788 g/mol. The number of hydrogen-bond acceptors (Lipinski definition) is 17. The average molecular weight is 861 g/mol. The molecule has 2 heterocycles. The fourth-order valence-corrected chi connectivity index (χ4v) is 14.5. The van der Waals surface area contributed by atoms with E-state index in [1.54, 1.807) is 6.92 Å². The topological polar surface area (TPSA) is 297 Å². The van der Waals surface area contributed by atoms with Gasteiger partial charge in [0.1, 0.15) is 48.8 Å². The van der Waals surface area contributed by atoms with Gasteiger partial charge in [-0.3, -0.25) is 4.79 Å². The molecule has 346 valence electrons. The van der Waals surface area contributed by atoms with Crippen LogP contribution in [0.3, 0.4) is 0 Å². The van der Waals surface area contributed by atoms with Crippen molar-refractivity contribution in [3.63, 3.8) is 0 Å². The molecule has 12 N–H and O–H groups in total. The Morgan fingerprint density at radius 3 is 1.90 bits per heavy atom. The first-order valence-corrected chi connectivity index (χ1v) is 22.2. The van der Waals surface area contributed by atoms with Crippen molar-refractivity contribution in [3.8, 4) is 0 Å². The summed E-state index contributed by atoms with van der Waals surface area (Å²) in [4.78, 5) is 14.3. The molecule has 23 atom stereocenters. The van der Waals surface area contributed by atoms with Crippen LogP contribution in [0.15, 0.2) is 0 Å². The molecule has 17 nitrogen and oxygen atoms in total. The van der Waals surface area contributed by atoms with Gasteiger partial charge in [0, 0.05) is 11.8 Å². The molecule has 0 unspecified atom stereocenters. The quantitative estimate of drug-likeness (QED) is 0.101. The van der Waals surface area contributed by atoms with Gasteiger partial charge < -0.3 is 80.2 Å². The van der Waals surface area contributed by atoms with Crippen LogP contribution in [0.1, 0.15) is 99.3 Å². The summed E-state index contributed by atoms with van der Waals surface area (Å²) in [5.74, 6) is -1.73. The zero-order chi connectivity index (χ0) is 44.3. The summed E-state index contributed by atoms with van der Waals surface area (Å²) in [6, 6.07) is 0. The highest BCUT2D eigenvalue weighted by Crippen LogP contribution is 2.89. The summed E-state index contributed by atoms with van der Waals surface area (Å²) in [7, 11) is 0. The van der Waals surface area contributed by atoms with Crippen LogP contribution in [0.2, 0.25) is 0 Å². The molecule has 0 aromatic rings.